The number of rotatable bonds is 0. The number of aromatic hydroxyl groups is 1. The topological polar surface area (TPSA) is 50.4 Å². The van der Waals surface area contributed by atoms with E-state index in [4.69, 9.17) is 4.42 Å². The highest BCUT2D eigenvalue weighted by molar-refractivity contribution is 9.13. The maximum atomic E-state index is 10.9. The van der Waals surface area contributed by atoms with Gasteiger partial charge in [0.05, 0.1) is 13.6 Å². The fourth-order valence-electron chi connectivity index (χ4n) is 0.938. The Morgan fingerprint density at radius 3 is 2.77 bits per heavy atom. The molecule has 1 N–H and O–H groups in total. The number of phenolic OH excluding ortho intramolecular Hbond substituents is 1. The van der Waals surface area contributed by atoms with Crippen molar-refractivity contribution < 1.29 is 9.52 Å². The fourth-order valence-corrected chi connectivity index (χ4v) is 2.57. The van der Waals surface area contributed by atoms with E-state index in [1.54, 1.807) is 0 Å². The van der Waals surface area contributed by atoms with Gasteiger partial charge in [0.15, 0.2) is 5.58 Å². The molecule has 13 heavy (non-hydrogen) atoms. The highest BCUT2D eigenvalue weighted by Gasteiger charge is 2.13. The molecule has 0 bridgehead atoms. The minimum Gasteiger partial charge on any atom is -0.507 e. The fraction of sp³-hybridized carbons (Fsp3) is 0. The monoisotopic (exact) mass is 324 g/mol. The number of hydrogen-bond donors (Lipinski definition) is 1. The zero-order chi connectivity index (χ0) is 9.59. The van der Waals surface area contributed by atoms with E-state index in [9.17, 15) is 9.90 Å². The minimum absolute atomic E-state index is 0.0800. The van der Waals surface area contributed by atoms with E-state index in [-0.39, 0.29) is 10.7 Å². The minimum atomic E-state index is -0.381. The SMILES string of the molecule is O=c1oc2c(Br)c(Br)c(O)cc2s1. The Balaban J connectivity index is 3.00. The predicted octanol–water partition coefficient (Wildman–Crippen LogP) is 3.09. The number of halogens is 2. The second-order valence-corrected chi connectivity index (χ2v) is 4.87. The summed E-state index contributed by atoms with van der Waals surface area (Å²) in [5, 5.41) is 9.39. The lowest BCUT2D eigenvalue weighted by Gasteiger charge is -1.98. The van der Waals surface area contributed by atoms with Crippen molar-refractivity contribution in [3.8, 4) is 5.75 Å². The Morgan fingerprint density at radius 2 is 2.08 bits per heavy atom. The van der Waals surface area contributed by atoms with Crippen molar-refractivity contribution in [3.05, 3.63) is 24.7 Å². The third kappa shape index (κ3) is 1.43. The lowest BCUT2D eigenvalue weighted by atomic mass is 10.3. The molecule has 0 aliphatic rings. The molecule has 0 saturated carbocycles. The van der Waals surface area contributed by atoms with Gasteiger partial charge in [-0.2, -0.15) is 0 Å². The summed E-state index contributed by atoms with van der Waals surface area (Å²) in [6.07, 6.45) is 0. The third-order valence-corrected chi connectivity index (χ3v) is 4.35. The van der Waals surface area contributed by atoms with Crippen molar-refractivity contribution in [2.24, 2.45) is 0 Å². The molecule has 1 aromatic carbocycles. The van der Waals surface area contributed by atoms with Crippen LogP contribution in [-0.4, -0.2) is 5.11 Å². The molecule has 2 rings (SSSR count). The Morgan fingerprint density at radius 1 is 1.38 bits per heavy atom. The van der Waals surface area contributed by atoms with Crippen LogP contribution in [0.25, 0.3) is 10.3 Å². The standard InChI is InChI=1S/C7H2Br2O3S/c8-4-2(10)1-3-6(5(4)9)12-7(11)13-3/h1,10H. The van der Waals surface area contributed by atoms with Crippen molar-refractivity contribution in [2.45, 2.75) is 0 Å². The Hall–Kier alpha value is -0.330. The molecule has 3 nitrogen and oxygen atoms in total. The zero-order valence-corrected chi connectivity index (χ0v) is 9.99. The highest BCUT2D eigenvalue weighted by atomic mass is 79.9. The normalized spacial score (nSPS) is 10.9. The van der Waals surface area contributed by atoms with Crippen LogP contribution in [0.4, 0.5) is 0 Å². The number of phenols is 1. The van der Waals surface area contributed by atoms with Crippen LogP contribution in [0.3, 0.4) is 0 Å². The summed E-state index contributed by atoms with van der Waals surface area (Å²) in [5.74, 6) is 0.0800. The van der Waals surface area contributed by atoms with Gasteiger partial charge in [0.25, 0.3) is 0 Å². The summed E-state index contributed by atoms with van der Waals surface area (Å²) < 4.78 is 6.58. The quantitative estimate of drug-likeness (QED) is 0.809. The average Bonchev–Trinajstić information content (AvgIpc) is 2.42. The van der Waals surface area contributed by atoms with Crippen LogP contribution in [0, 0.1) is 0 Å². The first-order valence-corrected chi connectivity index (χ1v) is 5.60. The molecule has 68 valence electrons. The van der Waals surface area contributed by atoms with Gasteiger partial charge in [-0.3, -0.25) is 0 Å². The molecule has 0 unspecified atom stereocenters. The van der Waals surface area contributed by atoms with Gasteiger partial charge >= 0.3 is 4.94 Å². The van der Waals surface area contributed by atoms with Crippen LogP contribution < -0.4 is 4.94 Å². The predicted molar refractivity (Wildman–Crippen MR) is 57.4 cm³/mol. The van der Waals surface area contributed by atoms with E-state index >= 15 is 0 Å². The van der Waals surface area contributed by atoms with Gasteiger partial charge in [-0.25, -0.2) is 4.79 Å². The Kier molecular flexibility index (Phi) is 2.21. The van der Waals surface area contributed by atoms with E-state index < -0.39 is 0 Å². The van der Waals surface area contributed by atoms with Gasteiger partial charge in [0.2, 0.25) is 0 Å². The zero-order valence-electron chi connectivity index (χ0n) is 6.01. The molecule has 0 fully saturated rings. The van der Waals surface area contributed by atoms with Gasteiger partial charge in [-0.15, -0.1) is 0 Å². The molecule has 0 spiro atoms. The molecule has 0 saturated heterocycles. The molecular formula is C7H2Br2O3S. The van der Waals surface area contributed by atoms with E-state index in [0.29, 0.717) is 19.2 Å². The van der Waals surface area contributed by atoms with Gasteiger partial charge < -0.3 is 9.52 Å². The first-order chi connectivity index (χ1) is 6.09. The molecule has 1 aromatic heterocycles. The van der Waals surface area contributed by atoms with Gasteiger partial charge in [0, 0.05) is 6.07 Å². The van der Waals surface area contributed by atoms with Crippen molar-refractivity contribution in [1.29, 1.82) is 0 Å². The summed E-state index contributed by atoms with van der Waals surface area (Å²) in [6.45, 7) is 0. The van der Waals surface area contributed by atoms with Gasteiger partial charge in [-0.1, -0.05) is 11.3 Å². The number of fused-ring (bicyclic) bond motifs is 1. The van der Waals surface area contributed by atoms with E-state index in [0.717, 1.165) is 11.3 Å². The summed E-state index contributed by atoms with van der Waals surface area (Å²) in [7, 11) is 0. The molecular weight excluding hydrogens is 324 g/mol. The maximum absolute atomic E-state index is 10.9. The van der Waals surface area contributed by atoms with Crippen LogP contribution in [0.1, 0.15) is 0 Å². The van der Waals surface area contributed by atoms with E-state index in [1.807, 2.05) is 0 Å². The van der Waals surface area contributed by atoms with Crippen LogP contribution in [0.5, 0.6) is 5.75 Å². The highest BCUT2D eigenvalue weighted by Crippen LogP contribution is 2.38. The maximum Gasteiger partial charge on any atom is 0.396 e. The molecule has 2 aromatic rings. The number of benzene rings is 1. The largest absolute Gasteiger partial charge is 0.507 e. The first kappa shape index (κ1) is 9.23. The molecule has 0 aliphatic carbocycles. The second kappa shape index (κ2) is 3.11. The van der Waals surface area contributed by atoms with Crippen molar-refractivity contribution in [3.63, 3.8) is 0 Å². The lowest BCUT2D eigenvalue weighted by molar-refractivity contribution is 0.471. The van der Waals surface area contributed by atoms with Gasteiger partial charge in [0.1, 0.15) is 5.75 Å². The lowest BCUT2D eigenvalue weighted by Crippen LogP contribution is -1.80. The summed E-state index contributed by atoms with van der Waals surface area (Å²) >= 11 is 7.32. The molecule has 0 amide bonds. The van der Waals surface area contributed by atoms with Crippen LogP contribution in [0.2, 0.25) is 0 Å². The third-order valence-electron chi connectivity index (χ3n) is 1.49. The van der Waals surface area contributed by atoms with Gasteiger partial charge in [-0.05, 0) is 31.9 Å². The summed E-state index contributed by atoms with van der Waals surface area (Å²) in [5.41, 5.74) is 0.458. The Bertz CT molecular complexity index is 528. The molecule has 0 atom stereocenters. The first-order valence-electron chi connectivity index (χ1n) is 3.20. The van der Waals surface area contributed by atoms with Crippen LogP contribution >= 0.6 is 43.2 Å². The van der Waals surface area contributed by atoms with E-state index in [2.05, 4.69) is 31.9 Å². The summed E-state index contributed by atoms with van der Waals surface area (Å²) in [6, 6.07) is 1.49. The van der Waals surface area contributed by atoms with Crippen molar-refractivity contribution in [2.75, 3.05) is 0 Å². The average molecular weight is 326 g/mol. The van der Waals surface area contributed by atoms with E-state index in [1.165, 1.54) is 6.07 Å². The second-order valence-electron chi connectivity index (χ2n) is 2.31. The van der Waals surface area contributed by atoms with Crippen LogP contribution in [-0.2, 0) is 0 Å². The Labute approximate surface area is 93.2 Å². The summed E-state index contributed by atoms with van der Waals surface area (Å²) in [4.78, 5) is 10.5. The molecule has 0 radical (unpaired) electrons. The number of hydrogen-bond acceptors (Lipinski definition) is 4. The van der Waals surface area contributed by atoms with Crippen molar-refractivity contribution >= 4 is 53.5 Å². The molecule has 6 heteroatoms. The van der Waals surface area contributed by atoms with Crippen LogP contribution in [0.15, 0.2) is 24.2 Å². The molecule has 1 heterocycles. The van der Waals surface area contributed by atoms with Crippen molar-refractivity contribution in [1.82, 2.24) is 0 Å². The molecule has 0 aliphatic heterocycles. The smallest absolute Gasteiger partial charge is 0.396 e.